The number of hydrogen-bond donors (Lipinski definition) is 0. The highest BCUT2D eigenvalue weighted by Crippen LogP contribution is 2.36. The van der Waals surface area contributed by atoms with Crippen molar-refractivity contribution >= 4 is 0 Å². The number of hydrogen-bond acceptors (Lipinski definition) is 2. The van der Waals surface area contributed by atoms with E-state index in [-0.39, 0.29) is 5.41 Å². The van der Waals surface area contributed by atoms with E-state index in [1.807, 2.05) is 6.07 Å². The van der Waals surface area contributed by atoms with Crippen molar-refractivity contribution in [2.75, 3.05) is 14.2 Å². The van der Waals surface area contributed by atoms with E-state index in [2.05, 4.69) is 32.9 Å². The first-order valence-corrected chi connectivity index (χ1v) is 5.83. The second kappa shape index (κ2) is 5.24. The Bertz CT molecular complexity index is 341. The number of methoxy groups -OCH3 is 2. The smallest absolute Gasteiger partial charge is 0.161 e. The van der Waals surface area contributed by atoms with E-state index in [0.29, 0.717) is 0 Å². The summed E-state index contributed by atoms with van der Waals surface area (Å²) in [6.07, 6.45) is 2.25. The SMILES string of the molecule is CCC(C)(CC)c1ccc(OC)c(OC)c1. The third kappa shape index (κ3) is 2.31. The highest BCUT2D eigenvalue weighted by Gasteiger charge is 2.23. The molecule has 16 heavy (non-hydrogen) atoms. The van der Waals surface area contributed by atoms with Crippen LogP contribution in [0.15, 0.2) is 18.2 Å². The second-order valence-electron chi connectivity index (χ2n) is 4.34. The number of ether oxygens (including phenoxy) is 2. The van der Waals surface area contributed by atoms with Crippen molar-refractivity contribution in [3.63, 3.8) is 0 Å². The molecular weight excluding hydrogens is 200 g/mol. The van der Waals surface area contributed by atoms with Crippen LogP contribution in [0.25, 0.3) is 0 Å². The third-order valence-electron chi connectivity index (χ3n) is 3.64. The maximum atomic E-state index is 5.34. The van der Waals surface area contributed by atoms with Gasteiger partial charge in [-0.15, -0.1) is 0 Å². The Kier molecular flexibility index (Phi) is 4.22. The Morgan fingerprint density at radius 3 is 2.00 bits per heavy atom. The van der Waals surface area contributed by atoms with Crippen LogP contribution in [-0.2, 0) is 5.41 Å². The van der Waals surface area contributed by atoms with Gasteiger partial charge in [-0.05, 0) is 36.0 Å². The molecule has 0 aliphatic heterocycles. The molecule has 0 aliphatic rings. The van der Waals surface area contributed by atoms with Gasteiger partial charge in [-0.25, -0.2) is 0 Å². The van der Waals surface area contributed by atoms with Crippen LogP contribution in [0.2, 0.25) is 0 Å². The summed E-state index contributed by atoms with van der Waals surface area (Å²) in [7, 11) is 3.34. The first kappa shape index (κ1) is 12.9. The van der Waals surface area contributed by atoms with E-state index in [4.69, 9.17) is 9.47 Å². The Balaban J connectivity index is 3.16. The molecule has 0 fully saturated rings. The quantitative estimate of drug-likeness (QED) is 0.754. The lowest BCUT2D eigenvalue weighted by Gasteiger charge is -2.28. The van der Waals surface area contributed by atoms with Gasteiger partial charge in [0.05, 0.1) is 14.2 Å². The minimum atomic E-state index is 0.222. The van der Waals surface area contributed by atoms with E-state index in [9.17, 15) is 0 Å². The van der Waals surface area contributed by atoms with Crippen molar-refractivity contribution in [1.29, 1.82) is 0 Å². The summed E-state index contributed by atoms with van der Waals surface area (Å²) in [6.45, 7) is 6.73. The zero-order valence-corrected chi connectivity index (χ0v) is 11.0. The van der Waals surface area contributed by atoms with E-state index >= 15 is 0 Å². The molecule has 1 rings (SSSR count). The highest BCUT2D eigenvalue weighted by atomic mass is 16.5. The van der Waals surface area contributed by atoms with Gasteiger partial charge >= 0.3 is 0 Å². The Labute approximate surface area is 98.6 Å². The molecule has 0 spiro atoms. The molecule has 0 bridgehead atoms. The molecule has 0 unspecified atom stereocenters. The maximum absolute atomic E-state index is 5.34. The van der Waals surface area contributed by atoms with Crippen molar-refractivity contribution in [3.05, 3.63) is 23.8 Å². The zero-order valence-electron chi connectivity index (χ0n) is 11.0. The molecule has 0 radical (unpaired) electrons. The molecule has 0 amide bonds. The van der Waals surface area contributed by atoms with Crippen LogP contribution in [0.3, 0.4) is 0 Å². The second-order valence-corrected chi connectivity index (χ2v) is 4.34. The van der Waals surface area contributed by atoms with Gasteiger partial charge in [0.2, 0.25) is 0 Å². The summed E-state index contributed by atoms with van der Waals surface area (Å²) in [5.74, 6) is 1.61. The lowest BCUT2D eigenvalue weighted by Crippen LogP contribution is -2.19. The minimum Gasteiger partial charge on any atom is -0.493 e. The zero-order chi connectivity index (χ0) is 12.2. The first-order chi connectivity index (χ1) is 7.61. The summed E-state index contributed by atoms with van der Waals surface area (Å²) < 4.78 is 10.6. The standard InChI is InChI=1S/C14H22O2/c1-6-14(3,7-2)11-8-9-12(15-4)13(10-11)16-5/h8-10H,6-7H2,1-5H3. The predicted octanol–water partition coefficient (Wildman–Crippen LogP) is 3.78. The van der Waals surface area contributed by atoms with E-state index < -0.39 is 0 Å². The van der Waals surface area contributed by atoms with Crippen molar-refractivity contribution in [3.8, 4) is 11.5 Å². The van der Waals surface area contributed by atoms with Crippen LogP contribution >= 0.6 is 0 Å². The molecule has 0 N–H and O–H groups in total. The molecule has 2 heteroatoms. The normalized spacial score (nSPS) is 11.3. The minimum absolute atomic E-state index is 0.222. The summed E-state index contributed by atoms with van der Waals surface area (Å²) in [5, 5.41) is 0. The average molecular weight is 222 g/mol. The van der Waals surface area contributed by atoms with Crippen LogP contribution in [-0.4, -0.2) is 14.2 Å². The van der Waals surface area contributed by atoms with Crippen LogP contribution in [0.1, 0.15) is 39.2 Å². The van der Waals surface area contributed by atoms with Gasteiger partial charge in [0.1, 0.15) is 0 Å². The molecule has 0 heterocycles. The molecule has 1 aromatic rings. The van der Waals surface area contributed by atoms with E-state index in [1.54, 1.807) is 14.2 Å². The van der Waals surface area contributed by atoms with Crippen molar-refractivity contribution < 1.29 is 9.47 Å². The van der Waals surface area contributed by atoms with Crippen LogP contribution in [0, 0.1) is 0 Å². The lowest BCUT2D eigenvalue weighted by atomic mass is 9.78. The Morgan fingerprint density at radius 1 is 1.00 bits per heavy atom. The van der Waals surface area contributed by atoms with Gasteiger partial charge in [-0.2, -0.15) is 0 Å². The first-order valence-electron chi connectivity index (χ1n) is 5.83. The van der Waals surface area contributed by atoms with Crippen molar-refractivity contribution in [2.24, 2.45) is 0 Å². The summed E-state index contributed by atoms with van der Waals surface area (Å²) >= 11 is 0. The molecule has 2 nitrogen and oxygen atoms in total. The summed E-state index contributed by atoms with van der Waals surface area (Å²) in [6, 6.07) is 6.21. The summed E-state index contributed by atoms with van der Waals surface area (Å²) in [5.41, 5.74) is 1.54. The molecule has 1 aromatic carbocycles. The monoisotopic (exact) mass is 222 g/mol. The fourth-order valence-electron chi connectivity index (χ4n) is 1.87. The largest absolute Gasteiger partial charge is 0.493 e. The maximum Gasteiger partial charge on any atom is 0.161 e. The Hall–Kier alpha value is -1.18. The number of benzene rings is 1. The fourth-order valence-corrected chi connectivity index (χ4v) is 1.87. The molecule has 0 aliphatic carbocycles. The van der Waals surface area contributed by atoms with Crippen LogP contribution in [0.5, 0.6) is 11.5 Å². The highest BCUT2D eigenvalue weighted by molar-refractivity contribution is 5.45. The van der Waals surface area contributed by atoms with Crippen molar-refractivity contribution in [2.45, 2.75) is 39.0 Å². The van der Waals surface area contributed by atoms with Gasteiger partial charge in [0.15, 0.2) is 11.5 Å². The fraction of sp³-hybridized carbons (Fsp3) is 0.571. The van der Waals surface area contributed by atoms with Crippen molar-refractivity contribution in [1.82, 2.24) is 0 Å². The van der Waals surface area contributed by atoms with Crippen LogP contribution < -0.4 is 9.47 Å². The molecular formula is C14H22O2. The predicted molar refractivity (Wildman–Crippen MR) is 67.5 cm³/mol. The van der Waals surface area contributed by atoms with Crippen LogP contribution in [0.4, 0.5) is 0 Å². The lowest BCUT2D eigenvalue weighted by molar-refractivity contribution is 0.351. The van der Waals surface area contributed by atoms with Gasteiger partial charge in [-0.3, -0.25) is 0 Å². The molecule has 0 saturated heterocycles. The van der Waals surface area contributed by atoms with Gasteiger partial charge in [0, 0.05) is 0 Å². The molecule has 90 valence electrons. The van der Waals surface area contributed by atoms with E-state index in [0.717, 1.165) is 24.3 Å². The van der Waals surface area contributed by atoms with E-state index in [1.165, 1.54) is 5.56 Å². The topological polar surface area (TPSA) is 18.5 Å². The molecule has 0 aromatic heterocycles. The summed E-state index contributed by atoms with van der Waals surface area (Å²) in [4.78, 5) is 0. The van der Waals surface area contributed by atoms with Gasteiger partial charge < -0.3 is 9.47 Å². The number of rotatable bonds is 5. The van der Waals surface area contributed by atoms with Gasteiger partial charge in [-0.1, -0.05) is 26.8 Å². The molecule has 0 saturated carbocycles. The third-order valence-corrected chi connectivity index (χ3v) is 3.64. The average Bonchev–Trinajstić information content (AvgIpc) is 2.36. The molecule has 0 atom stereocenters. The Morgan fingerprint density at radius 2 is 1.56 bits per heavy atom. The van der Waals surface area contributed by atoms with Gasteiger partial charge in [0.25, 0.3) is 0 Å².